The highest BCUT2D eigenvalue weighted by molar-refractivity contribution is 6.43. The molecule has 0 saturated carbocycles. The molecule has 3 heterocycles. The summed E-state index contributed by atoms with van der Waals surface area (Å²) in [5.41, 5.74) is 0.103. The van der Waals surface area contributed by atoms with E-state index in [0.717, 1.165) is 13.3 Å². The Bertz CT molecular complexity index is 840. The predicted octanol–water partition coefficient (Wildman–Crippen LogP) is 0.638. The first-order valence-corrected chi connectivity index (χ1v) is 5.78. The molecular weight excluding hydrogens is 281 g/mol. The van der Waals surface area contributed by atoms with Crippen LogP contribution in [0.1, 0.15) is 10.4 Å². The van der Waals surface area contributed by atoms with E-state index in [0.29, 0.717) is 0 Å². The zero-order chi connectivity index (χ0) is 15.0. The highest BCUT2D eigenvalue weighted by Gasteiger charge is 2.24. The van der Waals surface area contributed by atoms with Gasteiger partial charge in [0, 0.05) is 6.20 Å². The summed E-state index contributed by atoms with van der Waals surface area (Å²) in [4.78, 5) is 29.9. The summed E-state index contributed by atoms with van der Waals surface area (Å²) in [7, 11) is 1.08. The summed E-state index contributed by atoms with van der Waals surface area (Å²) < 4.78 is 19.7. The van der Waals surface area contributed by atoms with Gasteiger partial charge < -0.3 is 9.72 Å². The Morgan fingerprint density at radius 3 is 2.90 bits per heavy atom. The van der Waals surface area contributed by atoms with E-state index >= 15 is 0 Å². The first kappa shape index (κ1) is 12.9. The van der Waals surface area contributed by atoms with Gasteiger partial charge in [-0.15, -0.1) is 5.10 Å². The third kappa shape index (κ3) is 1.95. The Hall–Kier alpha value is -3.10. The number of nitrogens with zero attached hydrogens (tertiary/aromatic N) is 4. The lowest BCUT2D eigenvalue weighted by atomic mass is 10.1. The van der Waals surface area contributed by atoms with Gasteiger partial charge in [-0.2, -0.15) is 0 Å². The van der Waals surface area contributed by atoms with Crippen LogP contribution in [0.4, 0.5) is 4.39 Å². The normalized spacial score (nSPS) is 10.8. The van der Waals surface area contributed by atoms with Gasteiger partial charge in [-0.3, -0.25) is 4.79 Å². The molecular formula is C12H8FN5O3. The number of aromatic amines is 1. The molecule has 8 nitrogen and oxygen atoms in total. The van der Waals surface area contributed by atoms with Crippen molar-refractivity contribution < 1.29 is 18.7 Å². The maximum Gasteiger partial charge on any atom is 0.379 e. The minimum Gasteiger partial charge on any atom is -0.463 e. The Labute approximate surface area is 116 Å². The molecule has 0 amide bonds. The lowest BCUT2D eigenvalue weighted by Crippen LogP contribution is -2.15. The molecule has 0 atom stereocenters. The molecule has 3 aromatic rings. The van der Waals surface area contributed by atoms with Crippen LogP contribution in [0.3, 0.4) is 0 Å². The van der Waals surface area contributed by atoms with Gasteiger partial charge in [0.2, 0.25) is 0 Å². The second-order valence-corrected chi connectivity index (χ2v) is 4.05. The second kappa shape index (κ2) is 4.78. The van der Waals surface area contributed by atoms with E-state index in [1.165, 1.54) is 23.3 Å². The van der Waals surface area contributed by atoms with E-state index in [1.54, 1.807) is 0 Å². The fourth-order valence-corrected chi connectivity index (χ4v) is 1.97. The number of pyridine rings is 1. The summed E-state index contributed by atoms with van der Waals surface area (Å²) in [5.74, 6) is -2.50. The molecule has 0 fully saturated rings. The summed E-state index contributed by atoms with van der Waals surface area (Å²) in [6.07, 6.45) is 5.12. The van der Waals surface area contributed by atoms with Crippen LogP contribution >= 0.6 is 0 Å². The van der Waals surface area contributed by atoms with Crippen molar-refractivity contribution in [2.75, 3.05) is 7.11 Å². The Balaban J connectivity index is 2.25. The molecule has 21 heavy (non-hydrogen) atoms. The van der Waals surface area contributed by atoms with Crippen LogP contribution < -0.4 is 0 Å². The van der Waals surface area contributed by atoms with Gasteiger partial charge >= 0.3 is 5.97 Å². The molecule has 0 radical (unpaired) electrons. The van der Waals surface area contributed by atoms with E-state index < -0.39 is 17.6 Å². The standard InChI is InChI=1S/C12H8FN5O3/c1-21-12(20)10(19)6-4-14-9-8(6)7(13)5-15-11(9)18-3-2-16-17-18/h2-5,14H,1H3. The van der Waals surface area contributed by atoms with Crippen molar-refractivity contribution in [1.82, 2.24) is 25.0 Å². The molecule has 0 saturated heterocycles. The molecule has 0 aliphatic rings. The third-order valence-corrected chi connectivity index (χ3v) is 2.90. The zero-order valence-electron chi connectivity index (χ0n) is 10.7. The highest BCUT2D eigenvalue weighted by Crippen LogP contribution is 2.25. The quantitative estimate of drug-likeness (QED) is 0.431. The predicted molar refractivity (Wildman–Crippen MR) is 67.3 cm³/mol. The molecule has 3 rings (SSSR count). The number of hydrogen-bond donors (Lipinski definition) is 1. The maximum atomic E-state index is 14.0. The number of ketones is 1. The Morgan fingerprint density at radius 2 is 2.24 bits per heavy atom. The average molecular weight is 289 g/mol. The van der Waals surface area contributed by atoms with Gasteiger partial charge in [0.1, 0.15) is 0 Å². The van der Waals surface area contributed by atoms with Crippen LogP contribution in [0, 0.1) is 5.82 Å². The van der Waals surface area contributed by atoms with Crippen LogP contribution in [-0.4, -0.2) is 43.8 Å². The van der Waals surface area contributed by atoms with Crippen molar-refractivity contribution >= 4 is 22.7 Å². The van der Waals surface area contributed by atoms with Gasteiger partial charge in [-0.25, -0.2) is 18.9 Å². The van der Waals surface area contributed by atoms with Gasteiger partial charge in [0.15, 0.2) is 11.6 Å². The molecule has 106 valence electrons. The van der Waals surface area contributed by atoms with Crippen molar-refractivity contribution in [3.8, 4) is 5.82 Å². The number of rotatable bonds is 3. The molecule has 9 heteroatoms. The minimum absolute atomic E-state index is 0.0501. The van der Waals surface area contributed by atoms with Crippen LogP contribution in [-0.2, 0) is 9.53 Å². The lowest BCUT2D eigenvalue weighted by Gasteiger charge is -2.03. The number of nitrogens with one attached hydrogen (secondary N) is 1. The molecule has 0 aliphatic heterocycles. The smallest absolute Gasteiger partial charge is 0.379 e. The first-order valence-electron chi connectivity index (χ1n) is 5.78. The largest absolute Gasteiger partial charge is 0.463 e. The fraction of sp³-hybridized carbons (Fsp3) is 0.0833. The van der Waals surface area contributed by atoms with Crippen molar-refractivity contribution in [1.29, 1.82) is 0 Å². The number of esters is 1. The SMILES string of the molecule is COC(=O)C(=O)c1c[nH]c2c(-n3ccnn3)ncc(F)c12. The van der Waals surface area contributed by atoms with Gasteiger partial charge in [0.05, 0.1) is 42.2 Å². The fourth-order valence-electron chi connectivity index (χ4n) is 1.97. The van der Waals surface area contributed by atoms with Crippen molar-refractivity contribution in [2.24, 2.45) is 0 Å². The second-order valence-electron chi connectivity index (χ2n) is 4.05. The molecule has 0 aliphatic carbocycles. The number of fused-ring (bicyclic) bond motifs is 1. The third-order valence-electron chi connectivity index (χ3n) is 2.90. The lowest BCUT2D eigenvalue weighted by molar-refractivity contribution is -0.135. The summed E-state index contributed by atoms with van der Waals surface area (Å²) in [6, 6.07) is 0. The molecule has 0 bridgehead atoms. The highest BCUT2D eigenvalue weighted by atomic mass is 19.1. The van der Waals surface area contributed by atoms with Gasteiger partial charge in [-0.05, 0) is 0 Å². The number of carbonyl (C=O) groups is 2. The van der Waals surface area contributed by atoms with Crippen LogP contribution in [0.5, 0.6) is 0 Å². The number of halogens is 1. The summed E-state index contributed by atoms with van der Waals surface area (Å²) >= 11 is 0. The maximum absolute atomic E-state index is 14.0. The van der Waals surface area contributed by atoms with E-state index in [2.05, 4.69) is 25.0 Å². The van der Waals surface area contributed by atoms with Crippen LogP contribution in [0.2, 0.25) is 0 Å². The number of Topliss-reactive ketones (excluding diaryl/α,β-unsaturated/α-hetero) is 1. The molecule has 0 unspecified atom stereocenters. The Morgan fingerprint density at radius 1 is 1.43 bits per heavy atom. The summed E-state index contributed by atoms with van der Waals surface area (Å²) in [6.45, 7) is 0. The van der Waals surface area contributed by atoms with Crippen molar-refractivity contribution in [3.05, 3.63) is 36.2 Å². The molecule has 3 aromatic heterocycles. The molecule has 0 spiro atoms. The van der Waals surface area contributed by atoms with Crippen molar-refractivity contribution in [2.45, 2.75) is 0 Å². The van der Waals surface area contributed by atoms with E-state index in [4.69, 9.17) is 0 Å². The monoisotopic (exact) mass is 289 g/mol. The number of H-pyrrole nitrogens is 1. The van der Waals surface area contributed by atoms with Crippen LogP contribution in [0.15, 0.2) is 24.8 Å². The van der Waals surface area contributed by atoms with Gasteiger partial charge in [0.25, 0.3) is 5.78 Å². The zero-order valence-corrected chi connectivity index (χ0v) is 10.7. The van der Waals surface area contributed by atoms with E-state index in [-0.39, 0.29) is 22.3 Å². The minimum atomic E-state index is -1.07. The van der Waals surface area contributed by atoms with Crippen molar-refractivity contribution in [3.63, 3.8) is 0 Å². The average Bonchev–Trinajstić information content (AvgIpc) is 3.15. The molecule has 1 N–H and O–H groups in total. The number of methoxy groups -OCH3 is 1. The molecule has 0 aromatic carbocycles. The number of hydrogen-bond acceptors (Lipinski definition) is 6. The number of ether oxygens (including phenoxy) is 1. The Kier molecular flexibility index (Phi) is 2.94. The number of aromatic nitrogens is 5. The van der Waals surface area contributed by atoms with E-state index in [1.807, 2.05) is 0 Å². The van der Waals surface area contributed by atoms with Gasteiger partial charge in [-0.1, -0.05) is 5.21 Å². The van der Waals surface area contributed by atoms with E-state index in [9.17, 15) is 14.0 Å². The van der Waals surface area contributed by atoms with Crippen LogP contribution in [0.25, 0.3) is 16.7 Å². The number of carbonyl (C=O) groups excluding carboxylic acids is 2. The topological polar surface area (TPSA) is 103 Å². The first-order chi connectivity index (χ1) is 10.1. The summed E-state index contributed by atoms with van der Waals surface area (Å²) in [5, 5.41) is 7.34.